The van der Waals surface area contributed by atoms with E-state index < -0.39 is 42.0 Å². The lowest BCUT2D eigenvalue weighted by Crippen LogP contribution is -2.53. The second kappa shape index (κ2) is 12.2. The Morgan fingerprint density at radius 1 is 1.14 bits per heavy atom. The summed E-state index contributed by atoms with van der Waals surface area (Å²) in [5.41, 5.74) is 5.71. The van der Waals surface area contributed by atoms with Crippen molar-refractivity contribution in [2.75, 3.05) is 7.05 Å². The van der Waals surface area contributed by atoms with Crippen LogP contribution < -0.4 is 16.4 Å². The van der Waals surface area contributed by atoms with E-state index in [1.54, 1.807) is 45.0 Å². The van der Waals surface area contributed by atoms with E-state index in [1.165, 1.54) is 11.9 Å². The van der Waals surface area contributed by atoms with Crippen LogP contribution in [0.15, 0.2) is 24.3 Å². The molecule has 0 aromatic heterocycles. The molecule has 0 saturated heterocycles. The largest absolute Gasteiger partial charge is 0.444 e. The Kier molecular flexibility index (Phi) is 9.69. The van der Waals surface area contributed by atoms with Gasteiger partial charge in [0.05, 0.1) is 6.42 Å². The minimum Gasteiger partial charge on any atom is -0.444 e. The Labute approximate surface area is 207 Å². The van der Waals surface area contributed by atoms with Crippen molar-refractivity contribution < 1.29 is 23.9 Å². The molecule has 0 heterocycles. The zero-order chi connectivity index (χ0) is 26.2. The van der Waals surface area contributed by atoms with Gasteiger partial charge in [-0.2, -0.15) is 0 Å². The Morgan fingerprint density at radius 3 is 2.26 bits per heavy atom. The van der Waals surface area contributed by atoms with Gasteiger partial charge in [0.15, 0.2) is 0 Å². The molecule has 0 aliphatic heterocycles. The first-order valence-corrected chi connectivity index (χ1v) is 11.8. The first-order valence-electron chi connectivity index (χ1n) is 11.8. The molecule has 0 radical (unpaired) electrons. The highest BCUT2D eigenvalue weighted by molar-refractivity contribution is 5.94. The molecule has 4 N–H and O–H groups in total. The molecule has 4 amide bonds. The lowest BCUT2D eigenvalue weighted by molar-refractivity contribution is -0.142. The molecule has 190 valence electrons. The van der Waals surface area contributed by atoms with Crippen LogP contribution in [-0.4, -0.2) is 53.4 Å². The SMILES string of the molecule is C#Cc1ccc(C(C(=O)NC2CCCCC2)N(C)C(=O)C(CC(N)=O)NC(=O)OC(C)(C)C)cc1. The van der Waals surface area contributed by atoms with Crippen LogP contribution in [0, 0.1) is 12.3 Å². The molecule has 0 bridgehead atoms. The molecular formula is C26H36N4O5. The zero-order valence-corrected chi connectivity index (χ0v) is 20.9. The van der Waals surface area contributed by atoms with Crippen molar-refractivity contribution in [2.24, 2.45) is 5.73 Å². The van der Waals surface area contributed by atoms with Gasteiger partial charge in [0.1, 0.15) is 17.7 Å². The van der Waals surface area contributed by atoms with Gasteiger partial charge in [0.2, 0.25) is 17.7 Å². The van der Waals surface area contributed by atoms with E-state index in [0.717, 1.165) is 32.1 Å². The molecule has 1 aliphatic carbocycles. The van der Waals surface area contributed by atoms with Crippen molar-refractivity contribution in [3.8, 4) is 12.3 Å². The fraction of sp³-hybridized carbons (Fsp3) is 0.538. The minimum atomic E-state index is -1.30. The standard InChI is InChI=1S/C26H36N4O5/c1-6-17-12-14-18(15-13-17)22(23(32)28-19-10-8-7-9-11-19)30(5)24(33)20(16-21(27)31)29-25(34)35-26(2,3)4/h1,12-15,19-20,22H,7-11,16H2,2-5H3,(H2,27,31)(H,28,32)(H,29,34). The van der Waals surface area contributed by atoms with Gasteiger partial charge in [-0.1, -0.05) is 37.3 Å². The van der Waals surface area contributed by atoms with Crippen LogP contribution in [0.5, 0.6) is 0 Å². The van der Waals surface area contributed by atoms with Crippen LogP contribution in [0.1, 0.15) is 76.5 Å². The summed E-state index contributed by atoms with van der Waals surface area (Å²) in [5.74, 6) is 0.739. The average molecular weight is 485 g/mol. The van der Waals surface area contributed by atoms with Crippen molar-refractivity contribution in [2.45, 2.75) is 83.0 Å². The quantitative estimate of drug-likeness (QED) is 0.488. The van der Waals surface area contributed by atoms with Gasteiger partial charge in [0.25, 0.3) is 0 Å². The van der Waals surface area contributed by atoms with Crippen LogP contribution in [0.3, 0.4) is 0 Å². The highest BCUT2D eigenvalue weighted by Gasteiger charge is 2.35. The second-order valence-corrected chi connectivity index (χ2v) is 9.83. The van der Waals surface area contributed by atoms with Gasteiger partial charge >= 0.3 is 6.09 Å². The van der Waals surface area contributed by atoms with Crippen molar-refractivity contribution in [3.05, 3.63) is 35.4 Å². The second-order valence-electron chi connectivity index (χ2n) is 9.83. The fourth-order valence-electron chi connectivity index (χ4n) is 4.06. The number of terminal acetylenes is 1. The first-order chi connectivity index (χ1) is 16.4. The number of nitrogens with one attached hydrogen (secondary N) is 2. The summed E-state index contributed by atoms with van der Waals surface area (Å²) in [4.78, 5) is 52.1. The lowest BCUT2D eigenvalue weighted by atomic mass is 9.94. The molecule has 1 aliphatic rings. The number of ether oxygens (including phenoxy) is 1. The molecule has 9 heteroatoms. The molecule has 2 rings (SSSR count). The summed E-state index contributed by atoms with van der Waals surface area (Å²) < 4.78 is 5.23. The summed E-state index contributed by atoms with van der Waals surface area (Å²) in [6, 6.07) is 4.47. The zero-order valence-electron chi connectivity index (χ0n) is 20.9. The number of hydrogen-bond acceptors (Lipinski definition) is 5. The third kappa shape index (κ3) is 8.63. The number of nitrogens with two attached hydrogens (primary N) is 1. The van der Waals surface area contributed by atoms with Crippen LogP contribution in [-0.2, 0) is 19.1 Å². The van der Waals surface area contributed by atoms with Crippen LogP contribution in [0.4, 0.5) is 4.79 Å². The number of primary amides is 1. The third-order valence-electron chi connectivity index (χ3n) is 5.72. The molecule has 2 atom stereocenters. The van der Waals surface area contributed by atoms with E-state index in [4.69, 9.17) is 16.9 Å². The van der Waals surface area contributed by atoms with Gasteiger partial charge in [-0.05, 0) is 51.3 Å². The Balaban J connectivity index is 2.32. The molecule has 9 nitrogen and oxygen atoms in total. The average Bonchev–Trinajstić information content (AvgIpc) is 2.77. The Hall–Kier alpha value is -3.54. The lowest BCUT2D eigenvalue weighted by Gasteiger charge is -2.33. The van der Waals surface area contributed by atoms with E-state index in [0.29, 0.717) is 11.1 Å². The molecule has 1 fully saturated rings. The number of nitrogens with zero attached hydrogens (tertiary/aromatic N) is 1. The van der Waals surface area contributed by atoms with Crippen molar-refractivity contribution in [1.29, 1.82) is 0 Å². The molecule has 0 spiro atoms. The number of carbonyl (C=O) groups excluding carboxylic acids is 4. The number of amides is 4. The summed E-state index contributed by atoms with van der Waals surface area (Å²) in [6.07, 6.45) is 9.07. The van der Waals surface area contributed by atoms with Gasteiger partial charge < -0.3 is 26.0 Å². The van der Waals surface area contributed by atoms with E-state index in [-0.39, 0.29) is 11.9 Å². The van der Waals surface area contributed by atoms with E-state index in [1.807, 2.05) is 0 Å². The van der Waals surface area contributed by atoms with Crippen LogP contribution in [0.2, 0.25) is 0 Å². The smallest absolute Gasteiger partial charge is 0.408 e. The third-order valence-corrected chi connectivity index (χ3v) is 5.72. The maximum atomic E-state index is 13.4. The van der Waals surface area contributed by atoms with E-state index >= 15 is 0 Å². The van der Waals surface area contributed by atoms with Crippen molar-refractivity contribution >= 4 is 23.8 Å². The normalized spacial score (nSPS) is 15.7. The molecule has 1 aromatic carbocycles. The van der Waals surface area contributed by atoms with E-state index in [9.17, 15) is 19.2 Å². The van der Waals surface area contributed by atoms with E-state index in [2.05, 4.69) is 16.6 Å². The van der Waals surface area contributed by atoms with Crippen molar-refractivity contribution in [1.82, 2.24) is 15.5 Å². The number of rotatable bonds is 8. The molecule has 1 saturated carbocycles. The molecule has 1 aromatic rings. The molecule has 2 unspecified atom stereocenters. The Bertz CT molecular complexity index is 955. The van der Waals surface area contributed by atoms with Gasteiger partial charge in [0, 0.05) is 18.7 Å². The molecular weight excluding hydrogens is 448 g/mol. The predicted molar refractivity (Wildman–Crippen MR) is 132 cm³/mol. The number of alkyl carbamates (subject to hydrolysis) is 1. The first kappa shape index (κ1) is 27.7. The summed E-state index contributed by atoms with van der Waals surface area (Å²) in [7, 11) is 1.45. The molecule has 35 heavy (non-hydrogen) atoms. The fourth-order valence-corrected chi connectivity index (χ4v) is 4.06. The minimum absolute atomic E-state index is 0.0218. The highest BCUT2D eigenvalue weighted by atomic mass is 16.6. The summed E-state index contributed by atoms with van der Waals surface area (Å²) in [6.45, 7) is 5.03. The predicted octanol–water partition coefficient (Wildman–Crippen LogP) is 2.38. The summed E-state index contributed by atoms with van der Waals surface area (Å²) in [5, 5.41) is 5.48. The van der Waals surface area contributed by atoms with Gasteiger partial charge in [-0.3, -0.25) is 14.4 Å². The number of likely N-dealkylation sites (N-methyl/N-ethyl adjacent to an activating group) is 1. The maximum absolute atomic E-state index is 13.4. The van der Waals surface area contributed by atoms with Crippen molar-refractivity contribution in [3.63, 3.8) is 0 Å². The summed E-state index contributed by atoms with van der Waals surface area (Å²) >= 11 is 0. The number of carbonyl (C=O) groups is 4. The number of hydrogen-bond donors (Lipinski definition) is 3. The van der Waals surface area contributed by atoms with Gasteiger partial charge in [-0.25, -0.2) is 4.79 Å². The topological polar surface area (TPSA) is 131 Å². The van der Waals surface area contributed by atoms with Crippen LogP contribution in [0.25, 0.3) is 0 Å². The maximum Gasteiger partial charge on any atom is 0.408 e. The van der Waals surface area contributed by atoms with Gasteiger partial charge in [-0.15, -0.1) is 6.42 Å². The number of benzene rings is 1. The highest BCUT2D eigenvalue weighted by Crippen LogP contribution is 2.24. The Morgan fingerprint density at radius 2 is 1.74 bits per heavy atom. The monoisotopic (exact) mass is 484 g/mol. The van der Waals surface area contributed by atoms with Crippen LogP contribution >= 0.6 is 0 Å².